The maximum absolute atomic E-state index is 12.8. The molecule has 0 spiro atoms. The number of aromatic nitrogens is 4. The molecule has 0 aliphatic heterocycles. The number of nitrogens with one attached hydrogen (secondary N) is 2. The third-order valence-electron chi connectivity index (χ3n) is 4.98. The average Bonchev–Trinajstić information content (AvgIpc) is 3.29. The Balaban J connectivity index is 1.48. The molecule has 4 rings (SSSR count). The zero-order chi connectivity index (χ0) is 17.4. The van der Waals surface area contributed by atoms with Crippen molar-refractivity contribution in [2.75, 3.05) is 13.1 Å². The Morgan fingerprint density at radius 2 is 2.20 bits per heavy atom. The number of imidazole rings is 1. The molecule has 0 radical (unpaired) electrons. The topological polar surface area (TPSA) is 77.7 Å². The fourth-order valence-electron chi connectivity index (χ4n) is 3.58. The summed E-state index contributed by atoms with van der Waals surface area (Å²) in [5, 5.41) is 7.29. The van der Waals surface area contributed by atoms with Crippen molar-refractivity contribution in [2.45, 2.75) is 39.5 Å². The second kappa shape index (κ2) is 6.35. The van der Waals surface area contributed by atoms with Crippen LogP contribution < -0.4 is 0 Å². The van der Waals surface area contributed by atoms with Gasteiger partial charge in [-0.25, -0.2) is 4.98 Å². The van der Waals surface area contributed by atoms with Gasteiger partial charge in [-0.05, 0) is 50.8 Å². The minimum atomic E-state index is 0.0221. The molecular formula is C19H23N5O. The number of fused-ring (bicyclic) bond motifs is 2. The Hall–Kier alpha value is -2.63. The first-order valence-electron chi connectivity index (χ1n) is 8.96. The van der Waals surface area contributed by atoms with Gasteiger partial charge in [0.05, 0.1) is 11.0 Å². The van der Waals surface area contributed by atoms with Gasteiger partial charge in [0, 0.05) is 30.8 Å². The lowest BCUT2D eigenvalue weighted by Crippen LogP contribution is -2.33. The molecule has 6 nitrogen and oxygen atoms in total. The molecule has 1 aliphatic rings. The lowest BCUT2D eigenvalue weighted by molar-refractivity contribution is 0.0758. The van der Waals surface area contributed by atoms with Gasteiger partial charge < -0.3 is 9.88 Å². The van der Waals surface area contributed by atoms with E-state index >= 15 is 0 Å². The van der Waals surface area contributed by atoms with Gasteiger partial charge in [0.2, 0.25) is 0 Å². The Bertz CT molecular complexity index is 923. The fraction of sp³-hybridized carbons (Fsp3) is 0.421. The summed E-state index contributed by atoms with van der Waals surface area (Å²) in [6, 6.07) is 6.19. The number of amides is 1. The molecule has 0 saturated carbocycles. The number of hydrogen-bond acceptors (Lipinski definition) is 3. The van der Waals surface area contributed by atoms with Crippen molar-refractivity contribution >= 4 is 16.9 Å². The number of carbonyl (C=O) groups is 1. The zero-order valence-electron chi connectivity index (χ0n) is 14.7. The second-order valence-electron chi connectivity index (χ2n) is 6.72. The highest BCUT2D eigenvalue weighted by Gasteiger charge is 2.26. The molecule has 6 heteroatoms. The molecule has 3 aromatic rings. The van der Waals surface area contributed by atoms with E-state index in [1.54, 1.807) is 0 Å². The summed E-state index contributed by atoms with van der Waals surface area (Å²) in [7, 11) is 0. The second-order valence-corrected chi connectivity index (χ2v) is 6.72. The molecule has 2 heterocycles. The van der Waals surface area contributed by atoms with Crippen molar-refractivity contribution in [3.8, 4) is 0 Å². The highest BCUT2D eigenvalue weighted by atomic mass is 16.2. The van der Waals surface area contributed by atoms with Crippen LogP contribution in [0.25, 0.3) is 11.0 Å². The minimum absolute atomic E-state index is 0.0221. The molecule has 0 saturated heterocycles. The van der Waals surface area contributed by atoms with Gasteiger partial charge in [0.1, 0.15) is 5.82 Å². The number of rotatable bonds is 5. The fourth-order valence-corrected chi connectivity index (χ4v) is 3.58. The maximum atomic E-state index is 12.8. The van der Waals surface area contributed by atoms with Gasteiger partial charge in [0.15, 0.2) is 5.69 Å². The van der Waals surface area contributed by atoms with Crippen LogP contribution in [-0.2, 0) is 19.3 Å². The van der Waals surface area contributed by atoms with Crippen molar-refractivity contribution in [3.63, 3.8) is 0 Å². The molecule has 2 aromatic heterocycles. The van der Waals surface area contributed by atoms with E-state index in [-0.39, 0.29) is 5.91 Å². The number of H-pyrrole nitrogens is 2. The van der Waals surface area contributed by atoms with E-state index in [0.29, 0.717) is 25.2 Å². The summed E-state index contributed by atoms with van der Waals surface area (Å²) >= 11 is 0. The van der Waals surface area contributed by atoms with E-state index in [1.807, 2.05) is 17.9 Å². The predicted octanol–water partition coefficient (Wildman–Crippen LogP) is 2.79. The SMILES string of the molecule is CCN(CCc1nc2ccc(C)cc2[nH]1)C(=O)c1n[nH]c2c1CCC2. The Morgan fingerprint density at radius 1 is 1.32 bits per heavy atom. The van der Waals surface area contributed by atoms with Crippen LogP contribution in [0.3, 0.4) is 0 Å². The van der Waals surface area contributed by atoms with Crippen molar-refractivity contribution in [1.29, 1.82) is 0 Å². The smallest absolute Gasteiger partial charge is 0.274 e. The lowest BCUT2D eigenvalue weighted by atomic mass is 10.2. The molecule has 2 N–H and O–H groups in total. The van der Waals surface area contributed by atoms with Crippen molar-refractivity contribution < 1.29 is 4.79 Å². The summed E-state index contributed by atoms with van der Waals surface area (Å²) in [4.78, 5) is 22.7. The Kier molecular flexibility index (Phi) is 4.03. The van der Waals surface area contributed by atoms with E-state index < -0.39 is 0 Å². The molecule has 0 atom stereocenters. The van der Waals surface area contributed by atoms with E-state index in [1.165, 1.54) is 5.56 Å². The average molecular weight is 337 g/mol. The van der Waals surface area contributed by atoms with Gasteiger partial charge in [-0.2, -0.15) is 5.10 Å². The van der Waals surface area contributed by atoms with Crippen LogP contribution in [0.1, 0.15) is 46.5 Å². The number of hydrogen-bond donors (Lipinski definition) is 2. The van der Waals surface area contributed by atoms with Crippen molar-refractivity contribution in [2.24, 2.45) is 0 Å². The van der Waals surface area contributed by atoms with Gasteiger partial charge in [-0.15, -0.1) is 0 Å². The first-order valence-corrected chi connectivity index (χ1v) is 8.96. The van der Waals surface area contributed by atoms with E-state index in [2.05, 4.69) is 39.2 Å². The predicted molar refractivity (Wildman–Crippen MR) is 96.7 cm³/mol. The molecule has 0 fully saturated rings. The number of benzene rings is 1. The van der Waals surface area contributed by atoms with Crippen LogP contribution in [0, 0.1) is 6.92 Å². The summed E-state index contributed by atoms with van der Waals surface area (Å²) in [5.74, 6) is 0.938. The molecule has 1 amide bonds. The quantitative estimate of drug-likeness (QED) is 0.751. The van der Waals surface area contributed by atoms with Crippen LogP contribution in [-0.4, -0.2) is 44.1 Å². The highest BCUT2D eigenvalue weighted by molar-refractivity contribution is 5.94. The summed E-state index contributed by atoms with van der Waals surface area (Å²) in [6.07, 6.45) is 3.77. The first kappa shape index (κ1) is 15.9. The normalized spacial score (nSPS) is 13.4. The molecule has 130 valence electrons. The monoisotopic (exact) mass is 337 g/mol. The third kappa shape index (κ3) is 2.92. The van der Waals surface area contributed by atoms with Gasteiger partial charge in [-0.3, -0.25) is 9.89 Å². The van der Waals surface area contributed by atoms with Crippen molar-refractivity contribution in [3.05, 3.63) is 46.5 Å². The zero-order valence-corrected chi connectivity index (χ0v) is 14.7. The number of nitrogens with zero attached hydrogens (tertiary/aromatic N) is 3. The Morgan fingerprint density at radius 3 is 3.04 bits per heavy atom. The summed E-state index contributed by atoms with van der Waals surface area (Å²) in [6.45, 7) is 5.38. The molecule has 0 bridgehead atoms. The van der Waals surface area contributed by atoms with Crippen LogP contribution in [0.4, 0.5) is 0 Å². The first-order chi connectivity index (χ1) is 12.2. The summed E-state index contributed by atoms with van der Waals surface area (Å²) < 4.78 is 0. The summed E-state index contributed by atoms with van der Waals surface area (Å²) in [5.41, 5.74) is 6.08. The van der Waals surface area contributed by atoms with Gasteiger partial charge in [0.25, 0.3) is 5.91 Å². The largest absolute Gasteiger partial charge is 0.342 e. The van der Waals surface area contributed by atoms with Crippen LogP contribution in [0.5, 0.6) is 0 Å². The minimum Gasteiger partial charge on any atom is -0.342 e. The number of aromatic amines is 2. The molecule has 1 aromatic carbocycles. The number of aryl methyl sites for hydroxylation is 2. The lowest BCUT2D eigenvalue weighted by Gasteiger charge is -2.19. The van der Waals surface area contributed by atoms with Gasteiger partial charge in [-0.1, -0.05) is 6.07 Å². The molecular weight excluding hydrogens is 314 g/mol. The van der Waals surface area contributed by atoms with E-state index in [4.69, 9.17) is 0 Å². The molecule has 1 aliphatic carbocycles. The molecule has 25 heavy (non-hydrogen) atoms. The standard InChI is InChI=1S/C19H23N5O/c1-3-24(19(25)18-13-5-4-6-14(13)22-23-18)10-9-17-20-15-8-7-12(2)11-16(15)21-17/h7-8,11H,3-6,9-10H2,1-2H3,(H,20,21)(H,22,23). The van der Waals surface area contributed by atoms with Crippen molar-refractivity contribution in [1.82, 2.24) is 25.1 Å². The van der Waals surface area contributed by atoms with Gasteiger partial charge >= 0.3 is 0 Å². The van der Waals surface area contributed by atoms with E-state index in [9.17, 15) is 4.79 Å². The van der Waals surface area contributed by atoms with Crippen LogP contribution in [0.2, 0.25) is 0 Å². The Labute approximate surface area is 146 Å². The third-order valence-corrected chi connectivity index (χ3v) is 4.98. The van der Waals surface area contributed by atoms with Crippen LogP contribution in [0.15, 0.2) is 18.2 Å². The number of carbonyl (C=O) groups excluding carboxylic acids is 1. The molecule has 0 unspecified atom stereocenters. The van der Waals surface area contributed by atoms with Crippen LogP contribution >= 0.6 is 0 Å². The number of likely N-dealkylation sites (N-methyl/N-ethyl adjacent to an activating group) is 1. The van der Waals surface area contributed by atoms with E-state index in [0.717, 1.165) is 47.4 Å². The highest BCUT2D eigenvalue weighted by Crippen LogP contribution is 2.23. The maximum Gasteiger partial charge on any atom is 0.274 e.